The highest BCUT2D eigenvalue weighted by atomic mass is 32.1. The second-order valence-corrected chi connectivity index (χ2v) is 4.63. The van der Waals surface area contributed by atoms with Gasteiger partial charge in [-0.3, -0.25) is 4.90 Å². The molecule has 1 atom stereocenters. The number of hydrogen-bond donors (Lipinski definition) is 1. The van der Waals surface area contributed by atoms with Crippen molar-refractivity contribution in [3.63, 3.8) is 0 Å². The molecule has 13 heavy (non-hydrogen) atoms. The van der Waals surface area contributed by atoms with Crippen LogP contribution in [0.4, 0.5) is 0 Å². The van der Waals surface area contributed by atoms with E-state index in [1.54, 1.807) is 0 Å². The van der Waals surface area contributed by atoms with Crippen molar-refractivity contribution in [2.45, 2.75) is 25.4 Å². The normalized spacial score (nSPS) is 21.4. The van der Waals surface area contributed by atoms with Gasteiger partial charge in [0.1, 0.15) is 0 Å². The minimum Gasteiger partial charge on any atom is -0.325 e. The number of hydrogen-bond acceptors (Lipinski definition) is 3. The summed E-state index contributed by atoms with van der Waals surface area (Å²) in [7, 11) is 0. The molecule has 0 aromatic carbocycles. The van der Waals surface area contributed by atoms with Crippen molar-refractivity contribution in [1.82, 2.24) is 4.90 Å². The lowest BCUT2D eigenvalue weighted by molar-refractivity contribution is 0.0930. The predicted molar refractivity (Wildman–Crippen MR) is 56.9 cm³/mol. The second-order valence-electron chi connectivity index (χ2n) is 3.65. The lowest BCUT2D eigenvalue weighted by Crippen LogP contribution is -2.56. The van der Waals surface area contributed by atoms with Crippen LogP contribution in [0.3, 0.4) is 0 Å². The monoisotopic (exact) mass is 196 g/mol. The lowest BCUT2D eigenvalue weighted by atomic mass is 10.0. The van der Waals surface area contributed by atoms with Crippen LogP contribution in [-0.4, -0.2) is 24.0 Å². The van der Waals surface area contributed by atoms with Crippen LogP contribution in [0.1, 0.15) is 24.3 Å². The summed E-state index contributed by atoms with van der Waals surface area (Å²) in [5.41, 5.74) is 5.78. The van der Waals surface area contributed by atoms with E-state index in [0.29, 0.717) is 12.1 Å². The zero-order valence-corrected chi connectivity index (χ0v) is 8.76. The van der Waals surface area contributed by atoms with Crippen LogP contribution in [0.25, 0.3) is 0 Å². The van der Waals surface area contributed by atoms with E-state index in [2.05, 4.69) is 29.3 Å². The molecule has 2 rings (SSSR count). The molecule has 0 saturated carbocycles. The van der Waals surface area contributed by atoms with Crippen LogP contribution in [-0.2, 0) is 0 Å². The first-order valence-electron chi connectivity index (χ1n) is 4.84. The number of rotatable bonds is 3. The minimum atomic E-state index is 0.411. The van der Waals surface area contributed by atoms with Crippen molar-refractivity contribution < 1.29 is 0 Å². The highest BCUT2D eigenvalue weighted by Crippen LogP contribution is 2.30. The van der Waals surface area contributed by atoms with Crippen LogP contribution in [0.5, 0.6) is 0 Å². The van der Waals surface area contributed by atoms with Crippen molar-refractivity contribution in [3.8, 4) is 0 Å². The third-order valence-electron chi connectivity index (χ3n) is 2.64. The van der Waals surface area contributed by atoms with E-state index in [9.17, 15) is 0 Å². The zero-order valence-electron chi connectivity index (χ0n) is 7.94. The molecule has 1 unspecified atom stereocenters. The lowest BCUT2D eigenvalue weighted by Gasteiger charge is -2.42. The minimum absolute atomic E-state index is 0.411. The Bertz CT molecular complexity index is 252. The van der Waals surface area contributed by atoms with Gasteiger partial charge in [0.15, 0.2) is 0 Å². The molecular weight excluding hydrogens is 180 g/mol. The Balaban J connectivity index is 2.02. The molecule has 1 fully saturated rings. The van der Waals surface area contributed by atoms with Gasteiger partial charge in [-0.25, -0.2) is 0 Å². The smallest absolute Gasteiger partial charge is 0.0440 e. The molecule has 0 spiro atoms. The maximum absolute atomic E-state index is 5.78. The highest BCUT2D eigenvalue weighted by molar-refractivity contribution is 7.10. The van der Waals surface area contributed by atoms with Crippen molar-refractivity contribution in [2.24, 2.45) is 5.73 Å². The first-order valence-corrected chi connectivity index (χ1v) is 5.72. The van der Waals surface area contributed by atoms with Gasteiger partial charge < -0.3 is 5.73 Å². The van der Waals surface area contributed by atoms with Crippen molar-refractivity contribution in [3.05, 3.63) is 22.4 Å². The molecule has 3 heteroatoms. The Labute approximate surface area is 83.4 Å². The molecule has 0 amide bonds. The molecule has 2 nitrogen and oxygen atoms in total. The highest BCUT2D eigenvalue weighted by Gasteiger charge is 2.29. The summed E-state index contributed by atoms with van der Waals surface area (Å²) < 4.78 is 0. The predicted octanol–water partition coefficient (Wildman–Crippen LogP) is 1.84. The molecule has 0 radical (unpaired) electrons. The van der Waals surface area contributed by atoms with Crippen LogP contribution in [0, 0.1) is 0 Å². The second kappa shape index (κ2) is 3.78. The number of thiophene rings is 1. The average Bonchev–Trinajstić information content (AvgIpc) is 2.55. The Morgan fingerprint density at radius 1 is 1.69 bits per heavy atom. The molecule has 2 heterocycles. The van der Waals surface area contributed by atoms with Crippen molar-refractivity contribution in [2.75, 3.05) is 13.1 Å². The Kier molecular flexibility index (Phi) is 2.67. The summed E-state index contributed by atoms with van der Waals surface area (Å²) in [6.45, 7) is 4.38. The standard InChI is InChI=1S/C10H16N2S/c1-2-9(10-4-3-5-13-10)12-6-8(11)7-12/h3-5,8-9H,2,6-7,11H2,1H3. The third kappa shape index (κ3) is 1.77. The van der Waals surface area contributed by atoms with Gasteiger partial charge in [0.25, 0.3) is 0 Å². The topological polar surface area (TPSA) is 29.3 Å². The summed E-state index contributed by atoms with van der Waals surface area (Å²) >= 11 is 1.85. The Hall–Kier alpha value is -0.380. The van der Waals surface area contributed by atoms with Gasteiger partial charge in [-0.15, -0.1) is 11.3 Å². The summed E-state index contributed by atoms with van der Waals surface area (Å²) in [5, 5.41) is 2.15. The van der Waals surface area contributed by atoms with Gasteiger partial charge in [0.2, 0.25) is 0 Å². The number of nitrogens with zero attached hydrogens (tertiary/aromatic N) is 1. The maximum atomic E-state index is 5.78. The van der Waals surface area contributed by atoms with Gasteiger partial charge in [0.05, 0.1) is 0 Å². The summed E-state index contributed by atoms with van der Waals surface area (Å²) in [6, 6.07) is 5.37. The summed E-state index contributed by atoms with van der Waals surface area (Å²) in [5.74, 6) is 0. The molecule has 1 saturated heterocycles. The quantitative estimate of drug-likeness (QED) is 0.799. The third-order valence-corrected chi connectivity index (χ3v) is 3.61. The van der Waals surface area contributed by atoms with Crippen LogP contribution in [0.15, 0.2) is 17.5 Å². The first-order chi connectivity index (χ1) is 6.31. The van der Waals surface area contributed by atoms with Crippen LogP contribution >= 0.6 is 11.3 Å². The molecule has 0 bridgehead atoms. The molecule has 0 aliphatic carbocycles. The first kappa shape index (κ1) is 9.19. The Morgan fingerprint density at radius 3 is 2.92 bits per heavy atom. The SMILES string of the molecule is CCC(c1cccs1)N1CC(N)C1. The molecule has 1 aliphatic rings. The largest absolute Gasteiger partial charge is 0.325 e. The zero-order chi connectivity index (χ0) is 9.26. The van der Waals surface area contributed by atoms with E-state index < -0.39 is 0 Å². The fourth-order valence-corrected chi connectivity index (χ4v) is 2.87. The van der Waals surface area contributed by atoms with Crippen molar-refractivity contribution >= 4 is 11.3 Å². The number of nitrogens with two attached hydrogens (primary N) is 1. The molecule has 1 aromatic heterocycles. The van der Waals surface area contributed by atoms with Gasteiger partial charge in [0, 0.05) is 30.1 Å². The summed E-state index contributed by atoms with van der Waals surface area (Å²) in [6.07, 6.45) is 1.19. The van der Waals surface area contributed by atoms with Crippen LogP contribution < -0.4 is 5.73 Å². The van der Waals surface area contributed by atoms with E-state index in [1.165, 1.54) is 11.3 Å². The summed E-state index contributed by atoms with van der Waals surface area (Å²) in [4.78, 5) is 3.95. The maximum Gasteiger partial charge on any atom is 0.0440 e. The van der Waals surface area contributed by atoms with E-state index in [4.69, 9.17) is 5.73 Å². The molecule has 2 N–H and O–H groups in total. The van der Waals surface area contributed by atoms with E-state index in [0.717, 1.165) is 13.1 Å². The van der Waals surface area contributed by atoms with E-state index in [1.807, 2.05) is 11.3 Å². The molecule has 1 aliphatic heterocycles. The van der Waals surface area contributed by atoms with Gasteiger partial charge in [-0.05, 0) is 17.9 Å². The molecule has 1 aromatic rings. The van der Waals surface area contributed by atoms with Gasteiger partial charge in [-0.2, -0.15) is 0 Å². The molecular formula is C10H16N2S. The van der Waals surface area contributed by atoms with Gasteiger partial charge >= 0.3 is 0 Å². The fraction of sp³-hybridized carbons (Fsp3) is 0.600. The van der Waals surface area contributed by atoms with Crippen molar-refractivity contribution in [1.29, 1.82) is 0 Å². The Morgan fingerprint density at radius 2 is 2.46 bits per heavy atom. The van der Waals surface area contributed by atoms with E-state index in [-0.39, 0.29) is 0 Å². The number of likely N-dealkylation sites (tertiary alicyclic amines) is 1. The van der Waals surface area contributed by atoms with Gasteiger partial charge in [-0.1, -0.05) is 13.0 Å². The molecule has 72 valence electrons. The fourth-order valence-electron chi connectivity index (χ4n) is 1.92. The van der Waals surface area contributed by atoms with E-state index >= 15 is 0 Å². The van der Waals surface area contributed by atoms with Crippen LogP contribution in [0.2, 0.25) is 0 Å². The average molecular weight is 196 g/mol.